The van der Waals surface area contributed by atoms with Gasteiger partial charge in [0, 0.05) is 24.2 Å². The molecule has 84 valence electrons. The van der Waals surface area contributed by atoms with E-state index in [-0.39, 0.29) is 0 Å². The van der Waals surface area contributed by atoms with E-state index in [1.807, 2.05) is 23.6 Å². The molecule has 3 aromatic heterocycles. The van der Waals surface area contributed by atoms with Gasteiger partial charge in [0.15, 0.2) is 0 Å². The molecule has 0 aliphatic carbocycles. The highest BCUT2D eigenvalue weighted by atomic mass is 35.5. The Morgan fingerprint density at radius 1 is 1.12 bits per heavy atom. The average Bonchev–Trinajstić information content (AvgIpc) is 2.79. The van der Waals surface area contributed by atoms with Crippen LogP contribution < -0.4 is 0 Å². The normalized spacial score (nSPS) is 10.9. The molecule has 0 saturated carbocycles. The van der Waals surface area contributed by atoms with Crippen molar-refractivity contribution in [3.63, 3.8) is 0 Å². The number of fused-ring (bicyclic) bond motifs is 1. The molecule has 0 saturated heterocycles. The lowest BCUT2D eigenvalue weighted by molar-refractivity contribution is 0.993. The molecule has 0 aromatic carbocycles. The number of hydrogen-bond donors (Lipinski definition) is 0. The first-order chi connectivity index (χ1) is 8.33. The number of thiophene rings is 1. The Hall–Kier alpha value is -1.52. The molecule has 3 nitrogen and oxygen atoms in total. The zero-order chi connectivity index (χ0) is 11.7. The first-order valence-corrected chi connectivity index (χ1v) is 6.37. The third kappa shape index (κ3) is 2.14. The number of halogens is 1. The molecule has 3 heterocycles. The molecular formula is C12H8ClN3S. The Balaban J connectivity index is 2.01. The number of nitrogens with zero attached hydrogens (tertiary/aromatic N) is 3. The van der Waals surface area contributed by atoms with E-state index in [0.29, 0.717) is 11.6 Å². The zero-order valence-corrected chi connectivity index (χ0v) is 10.4. The van der Waals surface area contributed by atoms with Crippen molar-refractivity contribution >= 4 is 33.2 Å². The lowest BCUT2D eigenvalue weighted by atomic mass is 10.2. The standard InChI is InChI=1S/C12H8ClN3S/c13-11-9-3-6-17-12(9)16-10(15-11)7-8-1-4-14-5-2-8/h1-6H,7H2. The van der Waals surface area contributed by atoms with Crippen LogP contribution >= 0.6 is 22.9 Å². The first-order valence-electron chi connectivity index (χ1n) is 5.11. The molecule has 0 radical (unpaired) electrons. The molecule has 0 bridgehead atoms. The van der Waals surface area contributed by atoms with Gasteiger partial charge in [-0.25, -0.2) is 9.97 Å². The van der Waals surface area contributed by atoms with Crippen molar-refractivity contribution in [2.75, 3.05) is 0 Å². The summed E-state index contributed by atoms with van der Waals surface area (Å²) >= 11 is 7.69. The molecule has 0 atom stereocenters. The van der Waals surface area contributed by atoms with E-state index in [4.69, 9.17) is 11.6 Å². The molecule has 0 aliphatic rings. The summed E-state index contributed by atoms with van der Waals surface area (Å²) < 4.78 is 0. The fraction of sp³-hybridized carbons (Fsp3) is 0.0833. The van der Waals surface area contributed by atoms with Gasteiger partial charge in [0.25, 0.3) is 0 Å². The van der Waals surface area contributed by atoms with E-state index in [2.05, 4.69) is 15.0 Å². The molecule has 5 heteroatoms. The van der Waals surface area contributed by atoms with Crippen LogP contribution in [0.15, 0.2) is 36.0 Å². The fourth-order valence-corrected chi connectivity index (χ4v) is 2.71. The number of hydrogen-bond acceptors (Lipinski definition) is 4. The van der Waals surface area contributed by atoms with Crippen LogP contribution in [0.3, 0.4) is 0 Å². The molecule has 0 unspecified atom stereocenters. The van der Waals surface area contributed by atoms with Gasteiger partial charge in [-0.1, -0.05) is 11.6 Å². The smallest absolute Gasteiger partial charge is 0.141 e. The average molecular weight is 262 g/mol. The Morgan fingerprint density at radius 2 is 1.94 bits per heavy atom. The maximum absolute atomic E-state index is 6.11. The third-order valence-electron chi connectivity index (χ3n) is 2.44. The molecule has 0 amide bonds. The van der Waals surface area contributed by atoms with Crippen molar-refractivity contribution < 1.29 is 0 Å². The van der Waals surface area contributed by atoms with E-state index < -0.39 is 0 Å². The van der Waals surface area contributed by atoms with Crippen LogP contribution in [0, 0.1) is 0 Å². The third-order valence-corrected chi connectivity index (χ3v) is 3.53. The number of rotatable bonds is 2. The van der Waals surface area contributed by atoms with Gasteiger partial charge in [-0.15, -0.1) is 11.3 Å². The van der Waals surface area contributed by atoms with Crippen molar-refractivity contribution in [2.45, 2.75) is 6.42 Å². The monoisotopic (exact) mass is 261 g/mol. The largest absolute Gasteiger partial charge is 0.265 e. The quantitative estimate of drug-likeness (QED) is 0.664. The van der Waals surface area contributed by atoms with Crippen LogP contribution in [0.5, 0.6) is 0 Å². The fourth-order valence-electron chi connectivity index (χ4n) is 1.62. The summed E-state index contributed by atoms with van der Waals surface area (Å²) in [7, 11) is 0. The van der Waals surface area contributed by atoms with Gasteiger partial charge in [0.05, 0.1) is 0 Å². The number of pyridine rings is 1. The van der Waals surface area contributed by atoms with Gasteiger partial charge < -0.3 is 0 Å². The highest BCUT2D eigenvalue weighted by Gasteiger charge is 2.07. The van der Waals surface area contributed by atoms with Crippen molar-refractivity contribution in [3.8, 4) is 0 Å². The SMILES string of the molecule is Clc1nc(Cc2ccncc2)nc2sccc12. The van der Waals surface area contributed by atoms with Gasteiger partial charge >= 0.3 is 0 Å². The molecule has 3 rings (SSSR count). The minimum atomic E-state index is 0.528. The van der Waals surface area contributed by atoms with Gasteiger partial charge in [0.2, 0.25) is 0 Å². The summed E-state index contributed by atoms with van der Waals surface area (Å²) in [4.78, 5) is 13.7. The van der Waals surface area contributed by atoms with Gasteiger partial charge in [-0.2, -0.15) is 0 Å². The van der Waals surface area contributed by atoms with E-state index in [1.165, 1.54) is 0 Å². The van der Waals surface area contributed by atoms with Crippen LogP contribution in [-0.2, 0) is 6.42 Å². The maximum atomic E-state index is 6.11. The lowest BCUT2D eigenvalue weighted by Crippen LogP contribution is -1.96. The van der Waals surface area contributed by atoms with Gasteiger partial charge in [-0.05, 0) is 29.1 Å². The van der Waals surface area contributed by atoms with Crippen molar-refractivity contribution in [1.82, 2.24) is 15.0 Å². The van der Waals surface area contributed by atoms with Crippen molar-refractivity contribution in [1.29, 1.82) is 0 Å². The van der Waals surface area contributed by atoms with Crippen molar-refractivity contribution in [2.24, 2.45) is 0 Å². The summed E-state index contributed by atoms with van der Waals surface area (Å²) in [6.07, 6.45) is 4.21. The van der Waals surface area contributed by atoms with Crippen LogP contribution in [0.2, 0.25) is 5.15 Å². The molecule has 0 N–H and O–H groups in total. The summed E-state index contributed by atoms with van der Waals surface area (Å²) in [6, 6.07) is 5.85. The Labute approximate surface area is 107 Å². The first kappa shape index (κ1) is 10.6. The second-order valence-electron chi connectivity index (χ2n) is 3.60. The predicted molar refractivity (Wildman–Crippen MR) is 69.5 cm³/mol. The molecular weight excluding hydrogens is 254 g/mol. The van der Waals surface area contributed by atoms with Crippen molar-refractivity contribution in [3.05, 3.63) is 52.5 Å². The van der Waals surface area contributed by atoms with E-state index >= 15 is 0 Å². The van der Waals surface area contributed by atoms with Crippen LogP contribution in [-0.4, -0.2) is 15.0 Å². The number of aromatic nitrogens is 3. The highest BCUT2D eigenvalue weighted by Crippen LogP contribution is 2.25. The minimum Gasteiger partial charge on any atom is -0.265 e. The van der Waals surface area contributed by atoms with Crippen LogP contribution in [0.25, 0.3) is 10.2 Å². The highest BCUT2D eigenvalue weighted by molar-refractivity contribution is 7.16. The Morgan fingerprint density at radius 3 is 2.76 bits per heavy atom. The predicted octanol–water partition coefficient (Wildman–Crippen LogP) is 3.33. The zero-order valence-electron chi connectivity index (χ0n) is 8.80. The lowest BCUT2D eigenvalue weighted by Gasteiger charge is -2.01. The molecule has 3 aromatic rings. The summed E-state index contributed by atoms with van der Waals surface area (Å²) in [5.41, 5.74) is 1.13. The topological polar surface area (TPSA) is 38.7 Å². The van der Waals surface area contributed by atoms with E-state index in [1.54, 1.807) is 23.7 Å². The Kier molecular flexibility index (Phi) is 2.74. The summed E-state index contributed by atoms with van der Waals surface area (Å²) in [6.45, 7) is 0. The molecule has 17 heavy (non-hydrogen) atoms. The van der Waals surface area contributed by atoms with Crippen LogP contribution in [0.1, 0.15) is 11.4 Å². The molecule has 0 aliphatic heterocycles. The second kappa shape index (κ2) is 4.39. The molecule has 0 fully saturated rings. The Bertz CT molecular complexity index is 651. The summed E-state index contributed by atoms with van der Waals surface area (Å²) in [5, 5.41) is 3.43. The maximum Gasteiger partial charge on any atom is 0.141 e. The minimum absolute atomic E-state index is 0.528. The van der Waals surface area contributed by atoms with E-state index in [9.17, 15) is 0 Å². The second-order valence-corrected chi connectivity index (χ2v) is 4.85. The molecule has 0 spiro atoms. The van der Waals surface area contributed by atoms with Gasteiger partial charge in [-0.3, -0.25) is 4.98 Å². The van der Waals surface area contributed by atoms with E-state index in [0.717, 1.165) is 21.6 Å². The summed E-state index contributed by atoms with van der Waals surface area (Å²) in [5.74, 6) is 0.746. The van der Waals surface area contributed by atoms with Crippen LogP contribution in [0.4, 0.5) is 0 Å². The van der Waals surface area contributed by atoms with Gasteiger partial charge in [0.1, 0.15) is 15.8 Å².